The number of nitrogens with one attached hydrogen (secondary N) is 1. The Bertz CT molecular complexity index is 1170. The first kappa shape index (κ1) is 22.8. The first-order chi connectivity index (χ1) is 15.4. The highest BCUT2D eigenvalue weighted by Crippen LogP contribution is 2.57. The Kier molecular flexibility index (Phi) is 5.06. The lowest BCUT2D eigenvalue weighted by Gasteiger charge is -2.51. The zero-order chi connectivity index (χ0) is 24.6. The van der Waals surface area contributed by atoms with E-state index < -0.39 is 64.0 Å². The molecule has 10 nitrogen and oxygen atoms in total. The maximum Gasteiger partial charge on any atom is 0.255 e. The summed E-state index contributed by atoms with van der Waals surface area (Å²) in [7, 11) is 4.82. The molecule has 0 aliphatic heterocycles. The molecule has 0 radical (unpaired) electrons. The molecular formula is C23H27N3O7. The maximum atomic E-state index is 13.8. The number of amides is 1. The van der Waals surface area contributed by atoms with E-state index >= 15 is 0 Å². The molecule has 0 aromatic heterocycles. The van der Waals surface area contributed by atoms with Crippen molar-refractivity contribution in [3.8, 4) is 5.75 Å². The van der Waals surface area contributed by atoms with Crippen LogP contribution in [0.4, 0.5) is 5.69 Å². The van der Waals surface area contributed by atoms with Crippen LogP contribution in [0.25, 0.3) is 5.76 Å². The number of fused-ring (bicyclic) bond motifs is 3. The van der Waals surface area contributed by atoms with Crippen LogP contribution in [-0.2, 0) is 14.4 Å². The number of ketones is 2. The number of phenolic OH excluding ortho intramolecular Hbond substituents is 1. The summed E-state index contributed by atoms with van der Waals surface area (Å²) in [6.07, 6.45) is 0.0474. The summed E-state index contributed by atoms with van der Waals surface area (Å²) < 4.78 is 0. The van der Waals surface area contributed by atoms with Crippen molar-refractivity contribution in [2.24, 2.45) is 17.6 Å². The number of carbonyl (C=O) groups is 3. The highest BCUT2D eigenvalue weighted by atomic mass is 16.3. The third kappa shape index (κ3) is 2.77. The molecule has 3 aliphatic rings. The van der Waals surface area contributed by atoms with Crippen molar-refractivity contribution in [2.45, 2.75) is 30.9 Å². The van der Waals surface area contributed by atoms with Crippen molar-refractivity contribution in [2.75, 3.05) is 26.5 Å². The second kappa shape index (κ2) is 7.32. The minimum atomic E-state index is -2.64. The van der Waals surface area contributed by atoms with Crippen LogP contribution in [0.1, 0.15) is 30.4 Å². The number of nitrogens with zero attached hydrogens (tertiary/aromatic N) is 1. The number of benzene rings is 1. The molecule has 4 rings (SSSR count). The Labute approximate surface area is 190 Å². The van der Waals surface area contributed by atoms with E-state index in [1.165, 1.54) is 11.0 Å². The molecule has 0 bridgehead atoms. The Morgan fingerprint density at radius 3 is 2.39 bits per heavy atom. The number of hydrogen-bond acceptors (Lipinski definition) is 9. The fraction of sp³-hybridized carbons (Fsp3) is 0.435. The van der Waals surface area contributed by atoms with E-state index in [4.69, 9.17) is 5.73 Å². The van der Waals surface area contributed by atoms with Gasteiger partial charge in [-0.1, -0.05) is 6.92 Å². The molecule has 1 aromatic carbocycles. The second-order valence-electron chi connectivity index (χ2n) is 9.13. The van der Waals surface area contributed by atoms with E-state index in [1.54, 1.807) is 27.2 Å². The second-order valence-corrected chi connectivity index (χ2v) is 9.13. The van der Waals surface area contributed by atoms with Crippen LogP contribution in [0.5, 0.6) is 5.75 Å². The van der Waals surface area contributed by atoms with Gasteiger partial charge in [0.2, 0.25) is 5.78 Å². The Morgan fingerprint density at radius 1 is 1.21 bits per heavy atom. The number of anilines is 1. The molecule has 0 heterocycles. The van der Waals surface area contributed by atoms with E-state index in [2.05, 4.69) is 5.32 Å². The predicted octanol–water partition coefficient (Wildman–Crippen LogP) is 0.567. The highest BCUT2D eigenvalue weighted by Gasteiger charge is 2.64. The molecule has 0 spiro atoms. The van der Waals surface area contributed by atoms with Gasteiger partial charge in [0.15, 0.2) is 11.4 Å². The van der Waals surface area contributed by atoms with E-state index in [-0.39, 0.29) is 23.3 Å². The molecule has 1 saturated carbocycles. The van der Waals surface area contributed by atoms with Crippen molar-refractivity contribution in [1.82, 2.24) is 4.90 Å². The van der Waals surface area contributed by atoms with Gasteiger partial charge in [0.05, 0.1) is 11.6 Å². The van der Waals surface area contributed by atoms with Crippen LogP contribution in [-0.4, -0.2) is 75.6 Å². The van der Waals surface area contributed by atoms with Gasteiger partial charge in [-0.25, -0.2) is 0 Å². The number of Topliss-reactive ketones (excluding diaryl/α,β-unsaturated/α-hetero) is 2. The largest absolute Gasteiger partial charge is 0.508 e. The van der Waals surface area contributed by atoms with Crippen molar-refractivity contribution < 1.29 is 34.8 Å². The molecule has 176 valence electrons. The maximum absolute atomic E-state index is 13.8. The number of aliphatic hydroxyl groups is 3. The monoisotopic (exact) mass is 457 g/mol. The number of nitrogens with two attached hydrogens (primary N) is 1. The van der Waals surface area contributed by atoms with Gasteiger partial charge in [-0.15, -0.1) is 0 Å². The number of carbonyl (C=O) groups excluding carboxylic acids is 3. The summed E-state index contributed by atoms with van der Waals surface area (Å²) in [5, 5.41) is 47.0. The standard InChI is InChI=1S/C23H27N3O7/c1-8-9-7-10-17(26(3)4)19(29)16(22(24)32)21(31)23(10,33)20(30)14(9)18(28)15-12(27)6-5-11(25-2)13(8)15/h5-6,8-10,17,25,27-28,31,33H,7H2,1-4H3,(H2,24,32)/t8?,9-,10+,17+,23+/m1/s1. The summed E-state index contributed by atoms with van der Waals surface area (Å²) in [4.78, 5) is 40.3. The van der Waals surface area contributed by atoms with Crippen molar-refractivity contribution in [3.63, 3.8) is 0 Å². The van der Waals surface area contributed by atoms with E-state index in [0.29, 0.717) is 11.3 Å². The van der Waals surface area contributed by atoms with Crippen LogP contribution >= 0.6 is 0 Å². The van der Waals surface area contributed by atoms with Gasteiger partial charge in [-0.3, -0.25) is 19.3 Å². The molecule has 1 unspecified atom stereocenters. The zero-order valence-electron chi connectivity index (χ0n) is 18.7. The van der Waals surface area contributed by atoms with Gasteiger partial charge < -0.3 is 31.5 Å². The van der Waals surface area contributed by atoms with Gasteiger partial charge in [0, 0.05) is 24.2 Å². The third-order valence-corrected chi connectivity index (χ3v) is 7.35. The van der Waals surface area contributed by atoms with Crippen LogP contribution in [0, 0.1) is 11.8 Å². The van der Waals surface area contributed by atoms with Gasteiger partial charge in [0.1, 0.15) is 22.8 Å². The van der Waals surface area contributed by atoms with Crippen LogP contribution in [0.3, 0.4) is 0 Å². The van der Waals surface area contributed by atoms with Gasteiger partial charge in [-0.2, -0.15) is 0 Å². The lowest BCUT2D eigenvalue weighted by molar-refractivity contribution is -0.154. The summed E-state index contributed by atoms with van der Waals surface area (Å²) in [6.45, 7) is 1.83. The summed E-state index contributed by atoms with van der Waals surface area (Å²) in [5.41, 5.74) is 2.99. The molecular weight excluding hydrogens is 430 g/mol. The van der Waals surface area contributed by atoms with Crippen LogP contribution < -0.4 is 11.1 Å². The van der Waals surface area contributed by atoms with E-state index in [1.807, 2.05) is 6.92 Å². The number of phenols is 1. The number of likely N-dealkylation sites (N-methyl/N-ethyl adjacent to an activating group) is 1. The zero-order valence-corrected chi connectivity index (χ0v) is 18.7. The molecule has 3 aliphatic carbocycles. The minimum absolute atomic E-state index is 0.0474. The Hall–Kier alpha value is -3.37. The molecule has 33 heavy (non-hydrogen) atoms. The van der Waals surface area contributed by atoms with Crippen molar-refractivity contribution in [3.05, 3.63) is 40.2 Å². The fourth-order valence-corrected chi connectivity index (χ4v) is 5.84. The van der Waals surface area contributed by atoms with Gasteiger partial charge >= 0.3 is 0 Å². The van der Waals surface area contributed by atoms with Crippen LogP contribution in [0.2, 0.25) is 0 Å². The number of aliphatic hydroxyl groups excluding tert-OH is 2. The quantitative estimate of drug-likeness (QED) is 0.280. The summed E-state index contributed by atoms with van der Waals surface area (Å²) >= 11 is 0. The van der Waals surface area contributed by atoms with Crippen molar-refractivity contribution >= 4 is 28.9 Å². The average Bonchev–Trinajstić information content (AvgIpc) is 2.73. The molecule has 1 amide bonds. The fourth-order valence-electron chi connectivity index (χ4n) is 5.84. The normalized spacial score (nSPS) is 31.3. The lowest BCUT2D eigenvalue weighted by atomic mass is 9.55. The minimum Gasteiger partial charge on any atom is -0.508 e. The first-order valence-electron chi connectivity index (χ1n) is 10.6. The van der Waals surface area contributed by atoms with Gasteiger partial charge in [0.25, 0.3) is 5.91 Å². The molecule has 7 N–H and O–H groups in total. The number of primary amides is 1. The van der Waals surface area contributed by atoms with E-state index in [9.17, 15) is 34.8 Å². The number of aromatic hydroxyl groups is 1. The van der Waals surface area contributed by atoms with E-state index in [0.717, 1.165) is 0 Å². The molecule has 10 heteroatoms. The summed E-state index contributed by atoms with van der Waals surface area (Å²) in [6, 6.07) is 1.93. The molecule has 1 aromatic rings. The van der Waals surface area contributed by atoms with Crippen LogP contribution in [0.15, 0.2) is 29.0 Å². The highest BCUT2D eigenvalue weighted by molar-refractivity contribution is 6.24. The third-order valence-electron chi connectivity index (χ3n) is 7.35. The summed E-state index contributed by atoms with van der Waals surface area (Å²) in [5.74, 6) is -7.03. The Balaban J connectivity index is 2.03. The lowest BCUT2D eigenvalue weighted by Crippen LogP contribution is -2.65. The predicted molar refractivity (Wildman–Crippen MR) is 119 cm³/mol. The first-order valence-corrected chi connectivity index (χ1v) is 10.6. The average molecular weight is 457 g/mol. The molecule has 1 fully saturated rings. The SMILES string of the molecule is CNc1ccc(O)c2c1C(C)[C@H]1C[C@H]3[C@H](N(C)C)C(=O)C(C(N)=O)=C(O)[C@@]3(O)C(=O)C1=C2O. The number of hydrogen-bond donors (Lipinski definition) is 6. The topological polar surface area (TPSA) is 173 Å². The Morgan fingerprint density at radius 2 is 1.85 bits per heavy atom. The number of rotatable bonds is 3. The van der Waals surface area contributed by atoms with Crippen molar-refractivity contribution in [1.29, 1.82) is 0 Å². The molecule has 0 saturated heterocycles. The van der Waals surface area contributed by atoms with Gasteiger partial charge in [-0.05, 0) is 50.0 Å². The molecule has 5 atom stereocenters. The smallest absolute Gasteiger partial charge is 0.255 e.